The molecule has 0 aliphatic heterocycles. The molecule has 1 aromatic carbocycles. The number of rotatable bonds is 6. The Bertz CT molecular complexity index is 1210. The van der Waals surface area contributed by atoms with Crippen LogP contribution in [0.4, 0.5) is 0 Å². The number of thiophene rings is 2. The highest BCUT2D eigenvalue weighted by atomic mass is 32.1. The van der Waals surface area contributed by atoms with Crippen LogP contribution >= 0.6 is 22.7 Å². The molecule has 5 nitrogen and oxygen atoms in total. The van der Waals surface area contributed by atoms with E-state index in [2.05, 4.69) is 4.98 Å². The van der Waals surface area contributed by atoms with Gasteiger partial charge in [-0.3, -0.25) is 14.2 Å². The molecule has 0 bridgehead atoms. The Labute approximate surface area is 175 Å². The maximum Gasteiger partial charge on any atom is 0.263 e. The number of carbonyl (C=O) groups excluding carboxylic acids is 1. The number of amides is 1. The van der Waals surface area contributed by atoms with Crippen LogP contribution in [-0.2, 0) is 17.9 Å². The molecule has 5 rings (SSSR count). The normalized spacial score (nSPS) is 13.7. The van der Waals surface area contributed by atoms with Gasteiger partial charge in [-0.1, -0.05) is 36.4 Å². The van der Waals surface area contributed by atoms with Crippen molar-refractivity contribution in [2.24, 2.45) is 0 Å². The molecule has 0 unspecified atom stereocenters. The van der Waals surface area contributed by atoms with E-state index < -0.39 is 0 Å². The van der Waals surface area contributed by atoms with Crippen molar-refractivity contribution in [2.75, 3.05) is 0 Å². The van der Waals surface area contributed by atoms with E-state index in [0.29, 0.717) is 16.8 Å². The fourth-order valence-electron chi connectivity index (χ4n) is 3.52. The molecule has 0 N–H and O–H groups in total. The summed E-state index contributed by atoms with van der Waals surface area (Å²) >= 11 is 3.06. The highest BCUT2D eigenvalue weighted by Gasteiger charge is 2.32. The lowest BCUT2D eigenvalue weighted by Crippen LogP contribution is -2.37. The molecule has 1 amide bonds. The van der Waals surface area contributed by atoms with Crippen LogP contribution in [0.2, 0.25) is 0 Å². The summed E-state index contributed by atoms with van der Waals surface area (Å²) in [4.78, 5) is 34.4. The zero-order chi connectivity index (χ0) is 19.8. The zero-order valence-electron chi connectivity index (χ0n) is 15.7. The number of hydrogen-bond donors (Lipinski definition) is 0. The van der Waals surface area contributed by atoms with Gasteiger partial charge in [0.05, 0.1) is 11.7 Å². The number of fused-ring (bicyclic) bond motifs is 1. The molecule has 1 aliphatic carbocycles. The van der Waals surface area contributed by atoms with E-state index in [1.54, 1.807) is 11.3 Å². The van der Waals surface area contributed by atoms with Crippen molar-refractivity contribution in [3.8, 4) is 10.4 Å². The first-order chi connectivity index (χ1) is 14.2. The molecule has 0 radical (unpaired) electrons. The van der Waals surface area contributed by atoms with Gasteiger partial charge in [0.15, 0.2) is 0 Å². The van der Waals surface area contributed by atoms with Gasteiger partial charge in [-0.2, -0.15) is 0 Å². The molecular formula is C22H19N3O2S2. The van der Waals surface area contributed by atoms with E-state index in [4.69, 9.17) is 0 Å². The summed E-state index contributed by atoms with van der Waals surface area (Å²) in [6.45, 7) is 0.596. The first-order valence-corrected chi connectivity index (χ1v) is 11.3. The van der Waals surface area contributed by atoms with Gasteiger partial charge in [0, 0.05) is 28.4 Å². The van der Waals surface area contributed by atoms with Gasteiger partial charge in [0.1, 0.15) is 11.4 Å². The van der Waals surface area contributed by atoms with Crippen LogP contribution in [0.25, 0.3) is 20.7 Å². The van der Waals surface area contributed by atoms with Crippen molar-refractivity contribution in [3.63, 3.8) is 0 Å². The third kappa shape index (κ3) is 3.63. The van der Waals surface area contributed by atoms with Crippen LogP contribution in [0.3, 0.4) is 0 Å². The van der Waals surface area contributed by atoms with Crippen LogP contribution in [0.1, 0.15) is 18.4 Å². The number of aromatic nitrogens is 2. The third-order valence-electron chi connectivity index (χ3n) is 5.16. The van der Waals surface area contributed by atoms with Crippen molar-refractivity contribution in [2.45, 2.75) is 32.0 Å². The summed E-state index contributed by atoms with van der Waals surface area (Å²) in [6, 6.07) is 14.2. The summed E-state index contributed by atoms with van der Waals surface area (Å²) in [5.74, 6) is -0.0347. The van der Waals surface area contributed by atoms with Gasteiger partial charge in [0.2, 0.25) is 5.91 Å². The lowest BCUT2D eigenvalue weighted by atomic mass is 10.2. The quantitative estimate of drug-likeness (QED) is 0.464. The summed E-state index contributed by atoms with van der Waals surface area (Å²) < 4.78 is 1.45. The van der Waals surface area contributed by atoms with Gasteiger partial charge >= 0.3 is 0 Å². The van der Waals surface area contributed by atoms with E-state index in [0.717, 1.165) is 28.8 Å². The van der Waals surface area contributed by atoms with Crippen LogP contribution in [-0.4, -0.2) is 26.4 Å². The van der Waals surface area contributed by atoms with Gasteiger partial charge in [0.25, 0.3) is 5.56 Å². The third-order valence-corrected chi connectivity index (χ3v) is 6.95. The molecule has 29 heavy (non-hydrogen) atoms. The average molecular weight is 422 g/mol. The first-order valence-electron chi connectivity index (χ1n) is 9.54. The highest BCUT2D eigenvalue weighted by Crippen LogP contribution is 2.33. The first kappa shape index (κ1) is 18.3. The van der Waals surface area contributed by atoms with E-state index in [1.165, 1.54) is 22.2 Å². The number of hydrogen-bond acceptors (Lipinski definition) is 5. The predicted octanol–water partition coefficient (Wildman–Crippen LogP) is 4.38. The lowest BCUT2D eigenvalue weighted by molar-refractivity contribution is -0.133. The van der Waals surface area contributed by atoms with Crippen molar-refractivity contribution < 1.29 is 4.79 Å². The van der Waals surface area contributed by atoms with Crippen LogP contribution in [0, 0.1) is 0 Å². The number of benzene rings is 1. The van der Waals surface area contributed by atoms with Gasteiger partial charge < -0.3 is 4.90 Å². The average Bonchev–Trinajstić information content (AvgIpc) is 3.24. The van der Waals surface area contributed by atoms with Crippen LogP contribution in [0.5, 0.6) is 0 Å². The van der Waals surface area contributed by atoms with Gasteiger partial charge in [-0.25, -0.2) is 4.98 Å². The fourth-order valence-corrected chi connectivity index (χ4v) is 5.24. The van der Waals surface area contributed by atoms with Crippen LogP contribution in [0.15, 0.2) is 64.3 Å². The second-order valence-electron chi connectivity index (χ2n) is 7.22. The van der Waals surface area contributed by atoms with E-state index in [9.17, 15) is 9.59 Å². The Morgan fingerprint density at radius 1 is 1.14 bits per heavy atom. The molecule has 0 saturated heterocycles. The summed E-state index contributed by atoms with van der Waals surface area (Å²) in [5.41, 5.74) is 1.86. The second kappa shape index (κ2) is 7.57. The Morgan fingerprint density at radius 2 is 1.97 bits per heavy atom. The van der Waals surface area contributed by atoms with Crippen LogP contribution < -0.4 is 5.56 Å². The molecule has 1 aliphatic rings. The van der Waals surface area contributed by atoms with Crippen molar-refractivity contribution in [1.29, 1.82) is 0 Å². The molecule has 4 aromatic rings. The standard InChI is InChI=1S/C22H19N3O2S2/c26-19(25(16-8-9-16)11-15-5-2-1-3-6-15)12-24-14-23-21-20(22(24)27)17(13-29-21)18-7-4-10-28-18/h1-7,10,13-14,16H,8-9,11-12H2. The lowest BCUT2D eigenvalue weighted by Gasteiger charge is -2.23. The van der Waals surface area contributed by atoms with E-state index >= 15 is 0 Å². The Kier molecular flexibility index (Phi) is 4.77. The smallest absolute Gasteiger partial charge is 0.263 e. The molecule has 1 saturated carbocycles. The maximum absolute atomic E-state index is 13.2. The minimum absolute atomic E-state index is 0.0187. The molecule has 3 heterocycles. The van der Waals surface area contributed by atoms with Crippen molar-refractivity contribution in [1.82, 2.24) is 14.5 Å². The van der Waals surface area contributed by atoms with Crippen molar-refractivity contribution >= 4 is 38.8 Å². The van der Waals surface area contributed by atoms with E-state index in [-0.39, 0.29) is 24.1 Å². The number of nitrogens with zero attached hydrogens (tertiary/aromatic N) is 3. The molecular weight excluding hydrogens is 402 g/mol. The largest absolute Gasteiger partial charge is 0.334 e. The summed E-state index contributed by atoms with van der Waals surface area (Å²) in [5, 5.41) is 4.57. The molecule has 1 fully saturated rings. The maximum atomic E-state index is 13.2. The predicted molar refractivity (Wildman–Crippen MR) is 117 cm³/mol. The topological polar surface area (TPSA) is 55.2 Å². The van der Waals surface area contributed by atoms with E-state index in [1.807, 2.05) is 58.1 Å². The highest BCUT2D eigenvalue weighted by molar-refractivity contribution is 7.18. The Balaban J connectivity index is 1.45. The summed E-state index contributed by atoms with van der Waals surface area (Å²) in [6.07, 6.45) is 3.56. The van der Waals surface area contributed by atoms with Gasteiger partial charge in [-0.05, 0) is 29.9 Å². The molecule has 3 aromatic heterocycles. The number of carbonyl (C=O) groups is 1. The molecule has 146 valence electrons. The fraction of sp³-hybridized carbons (Fsp3) is 0.227. The second-order valence-corrected chi connectivity index (χ2v) is 9.03. The van der Waals surface area contributed by atoms with Crippen molar-refractivity contribution in [3.05, 3.63) is 75.5 Å². The zero-order valence-corrected chi connectivity index (χ0v) is 17.3. The molecule has 0 atom stereocenters. The Hall–Kier alpha value is -2.77. The molecule has 7 heteroatoms. The molecule has 0 spiro atoms. The minimum Gasteiger partial charge on any atom is -0.334 e. The summed E-state index contributed by atoms with van der Waals surface area (Å²) in [7, 11) is 0. The minimum atomic E-state index is -0.150. The SMILES string of the molecule is O=C(Cn1cnc2scc(-c3cccs3)c2c1=O)N(Cc1ccccc1)C1CC1. The monoisotopic (exact) mass is 421 g/mol. The van der Waals surface area contributed by atoms with Gasteiger partial charge in [-0.15, -0.1) is 22.7 Å². The Morgan fingerprint density at radius 3 is 2.69 bits per heavy atom.